The molecule has 30 heavy (non-hydrogen) atoms. The Morgan fingerprint density at radius 2 is 1.23 bits per heavy atom. The molecule has 0 unspecified atom stereocenters. The number of amides is 1. The highest BCUT2D eigenvalue weighted by atomic mass is 127. The number of nitrogens with zero attached hydrogens (tertiary/aromatic N) is 1. The molecule has 0 atom stereocenters. The van der Waals surface area contributed by atoms with E-state index in [2.05, 4.69) is 0 Å². The molecule has 1 amide bonds. The Hall–Kier alpha value is -1.95. The van der Waals surface area contributed by atoms with E-state index in [1.807, 2.05) is 0 Å². The largest absolute Gasteiger partial charge is 0.384 e. The molecule has 5 nitrogen and oxygen atoms in total. The van der Waals surface area contributed by atoms with Gasteiger partial charge in [0.05, 0.1) is 10.6 Å². The number of rotatable bonds is 3. The van der Waals surface area contributed by atoms with Gasteiger partial charge in [0.25, 0.3) is 11.6 Å². The first-order valence-corrected chi connectivity index (χ1v) is 8.13. The van der Waals surface area contributed by atoms with E-state index < -0.39 is 61.1 Å². The Labute approximate surface area is 170 Å². The molecule has 0 aliphatic heterocycles. The van der Waals surface area contributed by atoms with Crippen molar-refractivity contribution >= 4 is 39.9 Å². The van der Waals surface area contributed by atoms with E-state index in [4.69, 9.17) is 0 Å². The number of carbonyl (C=O) groups is 1. The maximum Gasteiger partial charge on any atom is 0.384 e. The highest BCUT2D eigenvalue weighted by Gasteiger charge is 3.02. The number of hydrogen-bond acceptors (Lipinski definition) is 3. The van der Waals surface area contributed by atoms with Gasteiger partial charge in [0.1, 0.15) is 0 Å². The topological polar surface area (TPSA) is 72.2 Å². The van der Waals surface area contributed by atoms with Crippen LogP contribution in [0.15, 0.2) is 18.2 Å². The summed E-state index contributed by atoms with van der Waals surface area (Å²) in [7, 11) is 0. The van der Waals surface area contributed by atoms with Gasteiger partial charge in [-0.1, -0.05) is 0 Å². The fourth-order valence-corrected chi connectivity index (χ4v) is 3.07. The lowest BCUT2D eigenvalue weighted by molar-refractivity contribution is -0.475. The van der Waals surface area contributed by atoms with Gasteiger partial charge < -0.3 is 5.32 Å². The molecule has 2 rings (SSSR count). The Bertz CT molecular complexity index is 892. The molecule has 168 valence electrons. The van der Waals surface area contributed by atoms with Crippen LogP contribution in [0.4, 0.5) is 59.7 Å². The lowest BCUT2D eigenvalue weighted by atomic mass is 9.71. The molecule has 1 saturated carbocycles. The molecule has 0 bridgehead atoms. The fourth-order valence-electron chi connectivity index (χ4n) is 2.43. The van der Waals surface area contributed by atoms with Gasteiger partial charge in [0.15, 0.2) is 0 Å². The number of nitro groups is 1. The number of nitro benzene ring substituents is 1. The van der Waals surface area contributed by atoms with Gasteiger partial charge in [-0.15, -0.1) is 0 Å². The van der Waals surface area contributed by atoms with E-state index in [0.717, 1.165) is 27.9 Å². The van der Waals surface area contributed by atoms with Crippen LogP contribution in [-0.4, -0.2) is 46.1 Å². The summed E-state index contributed by atoms with van der Waals surface area (Å²) >= 11 is 1.13. The summed E-state index contributed by atoms with van der Waals surface area (Å²) in [5, 5.41) is 11.5. The lowest BCUT2D eigenvalue weighted by Gasteiger charge is -2.51. The second kappa shape index (κ2) is 6.52. The van der Waals surface area contributed by atoms with Crippen LogP contribution in [0.25, 0.3) is 0 Å². The van der Waals surface area contributed by atoms with Gasteiger partial charge in [-0.05, 0) is 28.7 Å². The quantitative estimate of drug-likeness (QED) is 0.239. The minimum Gasteiger partial charge on any atom is -0.322 e. The number of non-ortho nitro benzene ring substituents is 1. The van der Waals surface area contributed by atoms with Crippen LogP contribution in [0.1, 0.15) is 0 Å². The second-order valence-electron chi connectivity index (χ2n) is 5.91. The van der Waals surface area contributed by atoms with Gasteiger partial charge in [0.2, 0.25) is 0 Å². The van der Waals surface area contributed by atoms with Crippen molar-refractivity contribution in [2.75, 3.05) is 5.32 Å². The Morgan fingerprint density at radius 1 is 0.833 bits per heavy atom. The molecule has 1 aromatic rings. The van der Waals surface area contributed by atoms with E-state index >= 15 is 0 Å². The molecule has 1 aliphatic rings. The van der Waals surface area contributed by atoms with E-state index in [1.165, 1.54) is 0 Å². The molecule has 0 heterocycles. The minimum absolute atomic E-state index is 0.450. The number of alkyl halides is 11. The monoisotopic (exact) mass is 572 g/mol. The first-order chi connectivity index (χ1) is 13.2. The van der Waals surface area contributed by atoms with Crippen molar-refractivity contribution in [3.8, 4) is 0 Å². The van der Waals surface area contributed by atoms with Crippen molar-refractivity contribution in [3.05, 3.63) is 31.9 Å². The molecule has 17 heteroatoms. The van der Waals surface area contributed by atoms with Crippen molar-refractivity contribution in [2.24, 2.45) is 0 Å². The Balaban J connectivity index is 2.65. The van der Waals surface area contributed by atoms with E-state index in [9.17, 15) is 63.2 Å². The standard InChI is InChI=1S/C13H4F11IN2O3/c14-8(7(28)26-6-2-1-4(27(29)30)3-5(6)25)9(15,16)11(19,20)13(23,24)12(21,22)10(8,17)18/h1-3H,(H,26,28). The van der Waals surface area contributed by atoms with Crippen molar-refractivity contribution < 1.29 is 58.0 Å². The second-order valence-corrected chi connectivity index (χ2v) is 7.07. The summed E-state index contributed by atoms with van der Waals surface area (Å²) in [5.74, 6) is -40.4. The zero-order chi connectivity index (χ0) is 23.7. The molecule has 1 aliphatic carbocycles. The van der Waals surface area contributed by atoms with Crippen LogP contribution in [0, 0.1) is 13.7 Å². The van der Waals surface area contributed by atoms with E-state index in [0.29, 0.717) is 18.2 Å². The third-order valence-electron chi connectivity index (χ3n) is 4.17. The van der Waals surface area contributed by atoms with Crippen LogP contribution in [-0.2, 0) is 4.79 Å². The van der Waals surface area contributed by atoms with Gasteiger partial charge >= 0.3 is 35.3 Å². The third-order valence-corrected chi connectivity index (χ3v) is 5.06. The molecular weight excluding hydrogens is 568 g/mol. The summed E-state index contributed by atoms with van der Waals surface area (Å²) in [6, 6.07) is 1.55. The van der Waals surface area contributed by atoms with Gasteiger partial charge in [-0.3, -0.25) is 14.9 Å². The number of anilines is 1. The number of carbonyl (C=O) groups excluding carboxylic acids is 1. The molecular formula is C13H4F11IN2O3. The number of benzene rings is 1. The van der Waals surface area contributed by atoms with Crippen molar-refractivity contribution in [2.45, 2.75) is 35.3 Å². The molecule has 1 N–H and O–H groups in total. The van der Waals surface area contributed by atoms with Gasteiger partial charge in [-0.2, -0.15) is 43.9 Å². The number of nitrogens with one attached hydrogen (secondary N) is 1. The number of halogens is 12. The van der Waals surface area contributed by atoms with Crippen molar-refractivity contribution in [1.82, 2.24) is 0 Å². The first-order valence-electron chi connectivity index (χ1n) is 7.05. The average molecular weight is 572 g/mol. The predicted octanol–water partition coefficient (Wildman–Crippen LogP) is 5.04. The average Bonchev–Trinajstić information content (AvgIpc) is 2.60. The third kappa shape index (κ3) is 2.62. The van der Waals surface area contributed by atoms with Crippen LogP contribution < -0.4 is 5.32 Å². The summed E-state index contributed by atoms with van der Waals surface area (Å²) in [4.78, 5) is 21.3. The van der Waals surface area contributed by atoms with Crippen molar-refractivity contribution in [1.29, 1.82) is 0 Å². The van der Waals surface area contributed by atoms with E-state index in [1.54, 1.807) is 0 Å². The summed E-state index contributed by atoms with van der Waals surface area (Å²) in [5.41, 5.74) is -8.53. The smallest absolute Gasteiger partial charge is 0.322 e. The molecule has 0 aromatic heterocycles. The predicted molar refractivity (Wildman–Crippen MR) is 83.0 cm³/mol. The number of hydrogen-bond donors (Lipinski definition) is 1. The Kier molecular flexibility index (Phi) is 5.29. The summed E-state index contributed by atoms with van der Waals surface area (Å²) in [6.45, 7) is 0. The molecule has 0 spiro atoms. The normalized spacial score (nSPS) is 24.7. The summed E-state index contributed by atoms with van der Waals surface area (Å²) < 4.78 is 149. The lowest BCUT2D eigenvalue weighted by Crippen LogP contribution is -2.86. The molecule has 0 radical (unpaired) electrons. The van der Waals surface area contributed by atoms with Crippen LogP contribution in [0.2, 0.25) is 0 Å². The van der Waals surface area contributed by atoms with E-state index in [-0.39, 0.29) is 0 Å². The molecule has 1 aromatic carbocycles. The molecule has 0 saturated heterocycles. The molecule has 1 fully saturated rings. The SMILES string of the molecule is O=C(Nc1ccc([N+](=O)[O-])cc1I)C1(F)C(F)(F)C(F)(F)C(F)(F)C(F)(F)C1(F)F. The maximum atomic E-state index is 14.6. The fraction of sp³-hybridized carbons (Fsp3) is 0.462. The van der Waals surface area contributed by atoms with Crippen LogP contribution in [0.5, 0.6) is 0 Å². The zero-order valence-electron chi connectivity index (χ0n) is 13.4. The van der Waals surface area contributed by atoms with Crippen LogP contribution in [0.3, 0.4) is 0 Å². The van der Waals surface area contributed by atoms with Crippen molar-refractivity contribution in [3.63, 3.8) is 0 Å². The maximum absolute atomic E-state index is 14.6. The van der Waals surface area contributed by atoms with Gasteiger partial charge in [0, 0.05) is 15.7 Å². The highest BCUT2D eigenvalue weighted by Crippen LogP contribution is 2.69. The van der Waals surface area contributed by atoms with Crippen LogP contribution >= 0.6 is 22.6 Å². The zero-order valence-corrected chi connectivity index (χ0v) is 15.6. The van der Waals surface area contributed by atoms with Gasteiger partial charge in [-0.25, -0.2) is 4.39 Å². The Morgan fingerprint density at radius 3 is 1.60 bits per heavy atom. The summed E-state index contributed by atoms with van der Waals surface area (Å²) in [6.07, 6.45) is 0. The highest BCUT2D eigenvalue weighted by molar-refractivity contribution is 14.1. The minimum atomic E-state index is -7.44. The first kappa shape index (κ1) is 24.3.